The third kappa shape index (κ3) is 3.24. The highest BCUT2D eigenvalue weighted by Gasteiger charge is 2.28. The number of aryl methyl sites for hydroxylation is 1. The molecule has 5 nitrogen and oxygen atoms in total. The maximum Gasteiger partial charge on any atom is 0.321 e. The molecule has 2 N–H and O–H groups in total. The summed E-state index contributed by atoms with van der Waals surface area (Å²) in [5.41, 5.74) is 0. The average molecular weight is 241 g/mol. The Morgan fingerprint density at radius 1 is 1.81 bits per heavy atom. The van der Waals surface area contributed by atoms with E-state index in [9.17, 15) is 4.79 Å². The van der Waals surface area contributed by atoms with Crippen molar-refractivity contribution in [1.29, 1.82) is 0 Å². The smallest absolute Gasteiger partial charge is 0.321 e. The molecule has 0 radical (unpaired) electrons. The predicted octanol–water partition coefficient (Wildman–Crippen LogP) is 0.717. The summed E-state index contributed by atoms with van der Waals surface area (Å²) in [5, 5.41) is 16.2. The Morgan fingerprint density at radius 3 is 3.06 bits per heavy atom. The molecule has 0 saturated heterocycles. The van der Waals surface area contributed by atoms with Gasteiger partial charge in [0.25, 0.3) is 0 Å². The molecule has 0 amide bonds. The fourth-order valence-corrected chi connectivity index (χ4v) is 2.32. The first kappa shape index (κ1) is 11.5. The predicted molar refractivity (Wildman–Crippen MR) is 61.5 cm³/mol. The molecule has 2 rings (SSSR count). The lowest BCUT2D eigenvalue weighted by Crippen LogP contribution is -2.40. The highest BCUT2D eigenvalue weighted by Crippen LogP contribution is 2.22. The van der Waals surface area contributed by atoms with Crippen LogP contribution in [0.3, 0.4) is 0 Å². The number of carbonyl (C=O) groups is 1. The van der Waals surface area contributed by atoms with Crippen molar-refractivity contribution in [1.82, 2.24) is 15.1 Å². The average Bonchev–Trinajstić information content (AvgIpc) is 2.95. The second kappa shape index (κ2) is 4.88. The van der Waals surface area contributed by atoms with Gasteiger partial charge in [0.05, 0.1) is 6.20 Å². The van der Waals surface area contributed by atoms with E-state index in [0.29, 0.717) is 11.8 Å². The Morgan fingerprint density at radius 2 is 2.56 bits per heavy atom. The van der Waals surface area contributed by atoms with Gasteiger partial charge in [0.15, 0.2) is 0 Å². The van der Waals surface area contributed by atoms with Gasteiger partial charge in [-0.2, -0.15) is 5.10 Å². The zero-order chi connectivity index (χ0) is 11.5. The van der Waals surface area contributed by atoms with Crippen molar-refractivity contribution in [3.8, 4) is 0 Å². The zero-order valence-electron chi connectivity index (χ0n) is 9.09. The molecule has 0 spiro atoms. The topological polar surface area (TPSA) is 67.2 Å². The summed E-state index contributed by atoms with van der Waals surface area (Å²) in [7, 11) is 1.85. The molecule has 0 aromatic carbocycles. The van der Waals surface area contributed by atoms with Crippen LogP contribution in [-0.2, 0) is 11.8 Å². The van der Waals surface area contributed by atoms with Crippen LogP contribution in [0.15, 0.2) is 17.3 Å². The van der Waals surface area contributed by atoms with Crippen molar-refractivity contribution in [2.24, 2.45) is 7.05 Å². The summed E-state index contributed by atoms with van der Waals surface area (Å²) < 4.78 is 1.71. The lowest BCUT2D eigenvalue weighted by molar-refractivity contribution is -0.138. The number of hydrogen-bond acceptors (Lipinski definition) is 4. The van der Waals surface area contributed by atoms with E-state index in [1.165, 1.54) is 11.8 Å². The van der Waals surface area contributed by atoms with Crippen molar-refractivity contribution >= 4 is 17.7 Å². The molecule has 1 unspecified atom stereocenters. The molecule has 0 bridgehead atoms. The minimum Gasteiger partial charge on any atom is -0.480 e. The van der Waals surface area contributed by atoms with Crippen LogP contribution in [0.25, 0.3) is 0 Å². The Kier molecular flexibility index (Phi) is 3.50. The first-order valence-corrected chi connectivity index (χ1v) is 6.24. The lowest BCUT2D eigenvalue weighted by Gasteiger charge is -2.12. The van der Waals surface area contributed by atoms with E-state index in [1.807, 2.05) is 13.2 Å². The second-order valence-electron chi connectivity index (χ2n) is 3.99. The van der Waals surface area contributed by atoms with Gasteiger partial charge < -0.3 is 10.4 Å². The molecule has 88 valence electrons. The lowest BCUT2D eigenvalue weighted by atomic mass is 10.3. The summed E-state index contributed by atoms with van der Waals surface area (Å²) in [6, 6.07) is -0.0479. The normalized spacial score (nSPS) is 17.3. The van der Waals surface area contributed by atoms with Gasteiger partial charge in [-0.25, -0.2) is 0 Å². The molecular formula is C10H15N3O2S. The number of hydrogen-bond donors (Lipinski definition) is 2. The zero-order valence-corrected chi connectivity index (χ0v) is 9.91. The quantitative estimate of drug-likeness (QED) is 0.718. The van der Waals surface area contributed by atoms with Gasteiger partial charge in [0.2, 0.25) is 0 Å². The van der Waals surface area contributed by atoms with Gasteiger partial charge in [-0.05, 0) is 12.8 Å². The number of thioether (sulfide) groups is 1. The van der Waals surface area contributed by atoms with Crippen LogP contribution in [0.5, 0.6) is 0 Å². The van der Waals surface area contributed by atoms with Crippen molar-refractivity contribution in [3.05, 3.63) is 12.4 Å². The van der Waals surface area contributed by atoms with E-state index in [-0.39, 0.29) is 0 Å². The van der Waals surface area contributed by atoms with E-state index < -0.39 is 12.0 Å². The summed E-state index contributed by atoms with van der Waals surface area (Å²) >= 11 is 1.52. The SMILES string of the molecule is Cn1cc(SCC(NC2CC2)C(=O)O)cn1. The minimum absolute atomic E-state index is 0.413. The molecular weight excluding hydrogens is 226 g/mol. The molecule has 1 fully saturated rings. The molecule has 6 heteroatoms. The molecule has 1 aromatic rings. The van der Waals surface area contributed by atoms with E-state index in [1.54, 1.807) is 10.9 Å². The largest absolute Gasteiger partial charge is 0.480 e. The van der Waals surface area contributed by atoms with E-state index in [2.05, 4.69) is 10.4 Å². The maximum atomic E-state index is 11.0. The van der Waals surface area contributed by atoms with Gasteiger partial charge in [0.1, 0.15) is 6.04 Å². The number of aromatic nitrogens is 2. The molecule has 1 aliphatic carbocycles. The van der Waals surface area contributed by atoms with Crippen LogP contribution >= 0.6 is 11.8 Å². The third-order valence-electron chi connectivity index (χ3n) is 2.41. The highest BCUT2D eigenvalue weighted by molar-refractivity contribution is 7.99. The maximum absolute atomic E-state index is 11.0. The van der Waals surface area contributed by atoms with E-state index in [0.717, 1.165) is 17.7 Å². The van der Waals surface area contributed by atoms with Crippen LogP contribution in [0, 0.1) is 0 Å². The van der Waals surface area contributed by atoms with Crippen molar-refractivity contribution in [2.75, 3.05) is 5.75 Å². The molecule has 0 aliphatic heterocycles. The Labute approximate surface area is 98.2 Å². The number of carboxylic acid groups (broad SMARTS) is 1. The van der Waals surface area contributed by atoms with Crippen LogP contribution in [0.2, 0.25) is 0 Å². The molecule has 1 saturated carbocycles. The minimum atomic E-state index is -0.775. The number of rotatable bonds is 6. The summed E-state index contributed by atoms with van der Waals surface area (Å²) in [6.45, 7) is 0. The highest BCUT2D eigenvalue weighted by atomic mass is 32.2. The second-order valence-corrected chi connectivity index (χ2v) is 5.09. The van der Waals surface area contributed by atoms with Crippen LogP contribution in [-0.4, -0.2) is 38.7 Å². The Balaban J connectivity index is 1.83. The summed E-state index contributed by atoms with van der Waals surface area (Å²) in [4.78, 5) is 12.0. The van der Waals surface area contributed by atoms with Gasteiger partial charge in [0, 0.05) is 29.9 Å². The van der Waals surface area contributed by atoms with Crippen LogP contribution in [0.1, 0.15) is 12.8 Å². The van der Waals surface area contributed by atoms with Crippen molar-refractivity contribution in [2.45, 2.75) is 29.8 Å². The van der Waals surface area contributed by atoms with E-state index >= 15 is 0 Å². The fourth-order valence-electron chi connectivity index (χ4n) is 1.38. The molecule has 1 heterocycles. The van der Waals surface area contributed by atoms with Gasteiger partial charge in [-0.1, -0.05) is 0 Å². The number of nitrogens with one attached hydrogen (secondary N) is 1. The summed E-state index contributed by atoms with van der Waals surface area (Å²) in [6.07, 6.45) is 5.84. The molecule has 16 heavy (non-hydrogen) atoms. The monoisotopic (exact) mass is 241 g/mol. The third-order valence-corrected chi connectivity index (χ3v) is 3.45. The van der Waals surface area contributed by atoms with Crippen LogP contribution in [0.4, 0.5) is 0 Å². The Hall–Kier alpha value is -1.01. The van der Waals surface area contributed by atoms with E-state index in [4.69, 9.17) is 5.11 Å². The summed E-state index contributed by atoms with van der Waals surface area (Å²) in [5.74, 6) is -0.236. The van der Waals surface area contributed by atoms with Crippen molar-refractivity contribution in [3.63, 3.8) is 0 Å². The van der Waals surface area contributed by atoms with Crippen molar-refractivity contribution < 1.29 is 9.90 Å². The number of nitrogens with zero attached hydrogens (tertiary/aromatic N) is 2. The fraction of sp³-hybridized carbons (Fsp3) is 0.600. The standard InChI is InChI=1S/C10H15N3O2S/c1-13-5-8(4-11-13)16-6-9(10(14)15)12-7-2-3-7/h4-5,7,9,12H,2-3,6H2,1H3,(H,14,15). The molecule has 1 aliphatic rings. The first-order valence-electron chi connectivity index (χ1n) is 5.25. The van der Waals surface area contributed by atoms with Gasteiger partial charge >= 0.3 is 5.97 Å². The Bertz CT molecular complexity index is 376. The number of carboxylic acids is 1. The van der Waals surface area contributed by atoms with Crippen LogP contribution < -0.4 is 5.32 Å². The number of aliphatic carboxylic acids is 1. The van der Waals surface area contributed by atoms with Gasteiger partial charge in [-0.3, -0.25) is 9.48 Å². The van der Waals surface area contributed by atoms with Gasteiger partial charge in [-0.15, -0.1) is 11.8 Å². The first-order chi connectivity index (χ1) is 7.65. The molecule has 1 atom stereocenters. The molecule has 1 aromatic heterocycles.